The summed E-state index contributed by atoms with van der Waals surface area (Å²) in [6.45, 7) is 6.73. The molecule has 1 heterocycles. The summed E-state index contributed by atoms with van der Waals surface area (Å²) in [5.41, 5.74) is 0.572. The molecule has 6 nitrogen and oxygen atoms in total. The first-order valence-electron chi connectivity index (χ1n) is 8.20. The Bertz CT molecular complexity index is 713. The maximum Gasteiger partial charge on any atom is 0.233 e. The molecule has 0 aliphatic rings. The molecular weight excluding hydrogens is 422 g/mol. The van der Waals surface area contributed by atoms with E-state index < -0.39 is 6.10 Å². The molecule has 0 saturated carbocycles. The van der Waals surface area contributed by atoms with Crippen molar-refractivity contribution in [3.8, 4) is 11.6 Å². The van der Waals surface area contributed by atoms with Crippen LogP contribution < -0.4 is 14.8 Å². The SMILES string of the molecule is Cc1cccc(OCC(O)CNC(C)(C)COc2ccc(Br)nn2)c1Cl. The van der Waals surface area contributed by atoms with Crippen LogP contribution in [0.15, 0.2) is 34.9 Å². The zero-order valence-electron chi connectivity index (χ0n) is 15.0. The molecule has 2 N–H and O–H groups in total. The molecule has 1 aromatic carbocycles. The van der Waals surface area contributed by atoms with Crippen molar-refractivity contribution in [1.82, 2.24) is 15.5 Å². The quantitative estimate of drug-likeness (QED) is 0.617. The maximum atomic E-state index is 10.2. The Morgan fingerprint density at radius 1 is 1.23 bits per heavy atom. The van der Waals surface area contributed by atoms with E-state index >= 15 is 0 Å². The van der Waals surface area contributed by atoms with Gasteiger partial charge in [0.15, 0.2) is 0 Å². The lowest BCUT2D eigenvalue weighted by Gasteiger charge is -2.27. The van der Waals surface area contributed by atoms with Crippen molar-refractivity contribution in [3.05, 3.63) is 45.5 Å². The number of β-amino-alcohol motifs (C(OH)–C–C–N with tert-alkyl or cyclic N) is 1. The highest BCUT2D eigenvalue weighted by Gasteiger charge is 2.20. The summed E-state index contributed by atoms with van der Waals surface area (Å²) in [5, 5.41) is 21.8. The average Bonchev–Trinajstić information content (AvgIpc) is 2.61. The van der Waals surface area contributed by atoms with Crippen LogP contribution in [0.2, 0.25) is 5.02 Å². The van der Waals surface area contributed by atoms with Gasteiger partial charge in [-0.25, -0.2) is 0 Å². The van der Waals surface area contributed by atoms with Crippen LogP contribution in [0.5, 0.6) is 11.6 Å². The first kappa shape index (κ1) is 20.9. The molecule has 0 amide bonds. The highest BCUT2D eigenvalue weighted by atomic mass is 79.9. The van der Waals surface area contributed by atoms with Crippen LogP contribution in [0.3, 0.4) is 0 Å². The Labute approximate surface area is 167 Å². The van der Waals surface area contributed by atoms with Gasteiger partial charge in [0, 0.05) is 18.2 Å². The van der Waals surface area contributed by atoms with Gasteiger partial charge in [-0.1, -0.05) is 23.7 Å². The van der Waals surface area contributed by atoms with Crippen molar-refractivity contribution >= 4 is 27.5 Å². The fourth-order valence-corrected chi connectivity index (χ4v) is 2.45. The third kappa shape index (κ3) is 6.72. The molecule has 0 spiro atoms. The molecule has 0 radical (unpaired) electrons. The number of aromatic nitrogens is 2. The van der Waals surface area contributed by atoms with Gasteiger partial charge in [-0.05, 0) is 54.4 Å². The second kappa shape index (κ2) is 9.50. The number of aryl methyl sites for hydroxylation is 1. The third-order valence-corrected chi connectivity index (χ3v) is 4.50. The van der Waals surface area contributed by atoms with Crippen LogP contribution in [0, 0.1) is 6.92 Å². The number of hydrogen-bond acceptors (Lipinski definition) is 6. The Morgan fingerprint density at radius 3 is 2.69 bits per heavy atom. The van der Waals surface area contributed by atoms with E-state index in [9.17, 15) is 5.11 Å². The van der Waals surface area contributed by atoms with E-state index in [1.807, 2.05) is 32.9 Å². The van der Waals surface area contributed by atoms with Crippen LogP contribution in [-0.4, -0.2) is 46.7 Å². The van der Waals surface area contributed by atoms with Crippen molar-refractivity contribution in [2.45, 2.75) is 32.4 Å². The molecule has 1 aromatic heterocycles. The molecule has 1 atom stereocenters. The summed E-state index contributed by atoms with van der Waals surface area (Å²) >= 11 is 9.41. The number of aliphatic hydroxyl groups is 1. The number of aliphatic hydroxyl groups excluding tert-OH is 1. The van der Waals surface area contributed by atoms with Crippen LogP contribution >= 0.6 is 27.5 Å². The van der Waals surface area contributed by atoms with Crippen molar-refractivity contribution < 1.29 is 14.6 Å². The number of halogens is 2. The number of nitrogens with one attached hydrogen (secondary N) is 1. The molecule has 2 rings (SSSR count). The summed E-state index contributed by atoms with van der Waals surface area (Å²) in [5.74, 6) is 1.02. The van der Waals surface area contributed by atoms with Crippen LogP contribution in [0.25, 0.3) is 0 Å². The largest absolute Gasteiger partial charge is 0.489 e. The lowest BCUT2D eigenvalue weighted by atomic mass is 10.1. The van der Waals surface area contributed by atoms with Gasteiger partial charge in [0.2, 0.25) is 5.88 Å². The minimum Gasteiger partial charge on any atom is -0.489 e. The summed E-state index contributed by atoms with van der Waals surface area (Å²) in [7, 11) is 0. The standard InChI is InChI=1S/C18H23BrClN3O3/c1-12-5-4-6-14(17(12)20)25-10-13(24)9-21-18(2,3)11-26-16-8-7-15(19)22-23-16/h4-8,13,21,24H,9-11H2,1-3H3. The van der Waals surface area contributed by atoms with Crippen LogP contribution in [0.4, 0.5) is 0 Å². The molecule has 0 fully saturated rings. The van der Waals surface area contributed by atoms with E-state index in [2.05, 4.69) is 31.4 Å². The van der Waals surface area contributed by atoms with Gasteiger partial charge < -0.3 is 19.9 Å². The molecule has 0 saturated heterocycles. The molecule has 0 bridgehead atoms. The zero-order valence-corrected chi connectivity index (χ0v) is 17.3. The predicted molar refractivity (Wildman–Crippen MR) is 105 cm³/mol. The van der Waals surface area contributed by atoms with Gasteiger partial charge >= 0.3 is 0 Å². The Balaban J connectivity index is 1.75. The summed E-state index contributed by atoms with van der Waals surface area (Å²) in [6, 6.07) is 9.06. The van der Waals surface area contributed by atoms with E-state index in [-0.39, 0.29) is 12.1 Å². The fourth-order valence-electron chi connectivity index (χ4n) is 2.06. The smallest absolute Gasteiger partial charge is 0.233 e. The van der Waals surface area contributed by atoms with Gasteiger partial charge in [-0.2, -0.15) is 0 Å². The fraction of sp³-hybridized carbons (Fsp3) is 0.444. The normalized spacial score (nSPS) is 12.7. The van der Waals surface area contributed by atoms with Crippen molar-refractivity contribution in [1.29, 1.82) is 0 Å². The first-order chi connectivity index (χ1) is 12.3. The monoisotopic (exact) mass is 443 g/mol. The highest BCUT2D eigenvalue weighted by molar-refractivity contribution is 9.10. The lowest BCUT2D eigenvalue weighted by molar-refractivity contribution is 0.0923. The van der Waals surface area contributed by atoms with E-state index in [1.165, 1.54) is 0 Å². The number of nitrogens with zero attached hydrogens (tertiary/aromatic N) is 2. The van der Waals surface area contributed by atoms with Crippen molar-refractivity contribution in [3.63, 3.8) is 0 Å². The molecule has 0 aliphatic carbocycles. The average molecular weight is 445 g/mol. The van der Waals surface area contributed by atoms with Crippen LogP contribution in [0.1, 0.15) is 19.4 Å². The summed E-state index contributed by atoms with van der Waals surface area (Å²) in [6.07, 6.45) is -0.682. The number of rotatable bonds is 9. The van der Waals surface area contributed by atoms with E-state index in [0.717, 1.165) is 5.56 Å². The maximum absolute atomic E-state index is 10.2. The number of benzene rings is 1. The Kier molecular flexibility index (Phi) is 7.64. The molecule has 0 aliphatic heterocycles. The topological polar surface area (TPSA) is 76.5 Å². The highest BCUT2D eigenvalue weighted by Crippen LogP contribution is 2.27. The third-order valence-electron chi connectivity index (χ3n) is 3.59. The van der Waals surface area contributed by atoms with Crippen molar-refractivity contribution in [2.24, 2.45) is 0 Å². The lowest BCUT2D eigenvalue weighted by Crippen LogP contribution is -2.48. The minimum atomic E-state index is -0.682. The summed E-state index contributed by atoms with van der Waals surface area (Å²) in [4.78, 5) is 0. The van der Waals surface area contributed by atoms with Gasteiger partial charge in [0.1, 0.15) is 29.7 Å². The van der Waals surface area contributed by atoms with E-state index in [1.54, 1.807) is 18.2 Å². The zero-order chi connectivity index (χ0) is 19.2. The van der Waals surface area contributed by atoms with Gasteiger partial charge in [0.05, 0.1) is 5.02 Å². The molecule has 2 aromatic rings. The van der Waals surface area contributed by atoms with Gasteiger partial charge in [-0.15, -0.1) is 10.2 Å². The van der Waals surface area contributed by atoms with Gasteiger partial charge in [0.25, 0.3) is 0 Å². The Hall–Kier alpha value is -1.41. The number of ether oxygens (including phenoxy) is 2. The second-order valence-electron chi connectivity index (χ2n) is 6.60. The van der Waals surface area contributed by atoms with Gasteiger partial charge in [-0.3, -0.25) is 0 Å². The molecular formula is C18H23BrClN3O3. The van der Waals surface area contributed by atoms with Crippen LogP contribution in [-0.2, 0) is 0 Å². The summed E-state index contributed by atoms with van der Waals surface area (Å²) < 4.78 is 11.9. The predicted octanol–water partition coefficient (Wildman–Crippen LogP) is 3.39. The molecule has 1 unspecified atom stereocenters. The molecule has 142 valence electrons. The molecule has 8 heteroatoms. The number of hydrogen-bond donors (Lipinski definition) is 2. The molecule has 26 heavy (non-hydrogen) atoms. The van der Waals surface area contributed by atoms with E-state index in [4.69, 9.17) is 21.1 Å². The minimum absolute atomic E-state index is 0.144. The van der Waals surface area contributed by atoms with Crippen molar-refractivity contribution in [2.75, 3.05) is 19.8 Å². The van der Waals surface area contributed by atoms with E-state index in [0.29, 0.717) is 34.4 Å². The Morgan fingerprint density at radius 2 is 2.00 bits per heavy atom. The second-order valence-corrected chi connectivity index (χ2v) is 7.79. The first-order valence-corrected chi connectivity index (χ1v) is 9.37.